The van der Waals surface area contributed by atoms with Gasteiger partial charge < -0.3 is 4.90 Å². The van der Waals surface area contributed by atoms with E-state index in [1.807, 2.05) is 19.3 Å². The fourth-order valence-corrected chi connectivity index (χ4v) is 3.40. The Morgan fingerprint density at radius 2 is 1.88 bits per heavy atom. The number of rotatable bonds is 3. The second kappa shape index (κ2) is 6.82. The Balaban J connectivity index is 1.45. The summed E-state index contributed by atoms with van der Waals surface area (Å²) in [5, 5.41) is 0.458. The molecule has 0 unspecified atom stereocenters. The van der Waals surface area contributed by atoms with Crippen molar-refractivity contribution in [1.82, 2.24) is 19.5 Å². The number of halogens is 1. The van der Waals surface area contributed by atoms with E-state index in [1.165, 1.54) is 24.5 Å². The van der Waals surface area contributed by atoms with Crippen LogP contribution >= 0.6 is 0 Å². The summed E-state index contributed by atoms with van der Waals surface area (Å²) in [6, 6.07) is 4.10. The first kappa shape index (κ1) is 16.6. The van der Waals surface area contributed by atoms with Crippen LogP contribution in [0.3, 0.4) is 0 Å². The summed E-state index contributed by atoms with van der Waals surface area (Å²) in [7, 11) is 0. The quantitative estimate of drug-likeness (QED) is 0.724. The average molecular weight is 353 g/mol. The number of anilines is 1. The maximum Gasteiger partial charge on any atom is 0.261 e. The maximum atomic E-state index is 13.3. The first-order valence-electron chi connectivity index (χ1n) is 8.78. The SMILES string of the molecule is Cc1cnc(N2CCC(Cn3cnc4cc(F)ccc4c3=O)CC2)nc1. The van der Waals surface area contributed by atoms with Crippen LogP contribution in [0.4, 0.5) is 10.3 Å². The van der Waals surface area contributed by atoms with Gasteiger partial charge in [0, 0.05) is 38.1 Å². The summed E-state index contributed by atoms with van der Waals surface area (Å²) in [5.41, 5.74) is 1.34. The number of aromatic nitrogens is 4. The zero-order valence-corrected chi connectivity index (χ0v) is 14.6. The summed E-state index contributed by atoms with van der Waals surface area (Å²) < 4.78 is 14.9. The van der Waals surface area contributed by atoms with E-state index in [2.05, 4.69) is 19.9 Å². The molecule has 0 saturated carbocycles. The average Bonchev–Trinajstić information content (AvgIpc) is 2.65. The molecule has 0 atom stereocenters. The molecule has 7 heteroatoms. The van der Waals surface area contributed by atoms with Crippen LogP contribution in [0.2, 0.25) is 0 Å². The molecule has 0 aliphatic carbocycles. The second-order valence-electron chi connectivity index (χ2n) is 6.85. The van der Waals surface area contributed by atoms with Crippen LogP contribution in [-0.4, -0.2) is 32.6 Å². The highest BCUT2D eigenvalue weighted by Crippen LogP contribution is 2.21. The van der Waals surface area contributed by atoms with Crippen molar-refractivity contribution >= 4 is 16.9 Å². The standard InChI is InChI=1S/C19H20FN5O/c1-13-9-21-19(22-10-13)24-6-4-14(5-7-24)11-25-12-23-17-8-15(20)2-3-16(17)18(25)26/h2-3,8-10,12,14H,4-7,11H2,1H3. The van der Waals surface area contributed by atoms with Crippen molar-refractivity contribution in [2.45, 2.75) is 26.3 Å². The van der Waals surface area contributed by atoms with Gasteiger partial charge in [-0.05, 0) is 43.4 Å². The summed E-state index contributed by atoms with van der Waals surface area (Å²) in [5.74, 6) is 0.780. The predicted molar refractivity (Wildman–Crippen MR) is 97.7 cm³/mol. The van der Waals surface area contributed by atoms with Crippen molar-refractivity contribution in [3.63, 3.8) is 0 Å². The van der Waals surface area contributed by atoms with Crippen LogP contribution in [-0.2, 0) is 6.54 Å². The van der Waals surface area contributed by atoms with Crippen molar-refractivity contribution in [2.24, 2.45) is 5.92 Å². The van der Waals surface area contributed by atoms with Gasteiger partial charge in [-0.25, -0.2) is 19.3 Å². The van der Waals surface area contributed by atoms with Crippen LogP contribution in [0.15, 0.2) is 41.7 Å². The highest BCUT2D eigenvalue weighted by molar-refractivity contribution is 5.77. The first-order valence-corrected chi connectivity index (χ1v) is 8.78. The Labute approximate surface area is 150 Å². The van der Waals surface area contributed by atoms with E-state index in [0.717, 1.165) is 37.4 Å². The summed E-state index contributed by atoms with van der Waals surface area (Å²) >= 11 is 0. The van der Waals surface area contributed by atoms with Crippen LogP contribution in [0.5, 0.6) is 0 Å². The summed E-state index contributed by atoms with van der Waals surface area (Å²) in [4.78, 5) is 27.8. The predicted octanol–water partition coefficient (Wildman–Crippen LogP) is 2.55. The van der Waals surface area contributed by atoms with E-state index < -0.39 is 0 Å². The Hall–Kier alpha value is -2.83. The molecule has 0 radical (unpaired) electrons. The molecule has 134 valence electrons. The number of aryl methyl sites for hydroxylation is 1. The molecule has 1 aliphatic heterocycles. The lowest BCUT2D eigenvalue weighted by molar-refractivity contribution is 0.350. The van der Waals surface area contributed by atoms with E-state index in [9.17, 15) is 9.18 Å². The Bertz CT molecular complexity index is 977. The van der Waals surface area contributed by atoms with Crippen molar-refractivity contribution in [2.75, 3.05) is 18.0 Å². The van der Waals surface area contributed by atoms with E-state index >= 15 is 0 Å². The third kappa shape index (κ3) is 3.29. The fourth-order valence-electron chi connectivity index (χ4n) is 3.40. The molecule has 26 heavy (non-hydrogen) atoms. The molecular weight excluding hydrogens is 333 g/mol. The third-order valence-corrected chi connectivity index (χ3v) is 4.91. The van der Waals surface area contributed by atoms with Crippen LogP contribution < -0.4 is 10.5 Å². The zero-order valence-electron chi connectivity index (χ0n) is 14.6. The minimum Gasteiger partial charge on any atom is -0.341 e. The van der Waals surface area contributed by atoms with Crippen LogP contribution in [0.25, 0.3) is 10.9 Å². The smallest absolute Gasteiger partial charge is 0.261 e. The molecular formula is C19H20FN5O. The van der Waals surface area contributed by atoms with E-state index in [1.54, 1.807) is 4.57 Å². The Morgan fingerprint density at radius 1 is 1.15 bits per heavy atom. The lowest BCUT2D eigenvalue weighted by Crippen LogP contribution is -2.37. The van der Waals surface area contributed by atoms with Gasteiger partial charge in [0.25, 0.3) is 5.56 Å². The molecule has 2 aromatic heterocycles. The molecule has 6 nitrogen and oxygen atoms in total. The maximum absolute atomic E-state index is 13.3. The van der Waals surface area contributed by atoms with Crippen molar-refractivity contribution < 1.29 is 4.39 Å². The molecule has 0 bridgehead atoms. The largest absolute Gasteiger partial charge is 0.341 e. The number of hydrogen-bond acceptors (Lipinski definition) is 5. The van der Waals surface area contributed by atoms with Crippen molar-refractivity contribution in [3.8, 4) is 0 Å². The molecule has 0 spiro atoms. The van der Waals surface area contributed by atoms with Gasteiger partial charge in [-0.2, -0.15) is 0 Å². The molecule has 1 fully saturated rings. The van der Waals surface area contributed by atoms with Crippen LogP contribution in [0, 0.1) is 18.7 Å². The van der Waals surface area contributed by atoms with Gasteiger partial charge in [-0.1, -0.05) is 0 Å². The van der Waals surface area contributed by atoms with E-state index in [-0.39, 0.29) is 11.4 Å². The van der Waals surface area contributed by atoms with Crippen molar-refractivity contribution in [1.29, 1.82) is 0 Å². The number of piperidine rings is 1. The first-order chi connectivity index (χ1) is 12.6. The number of nitrogens with zero attached hydrogens (tertiary/aromatic N) is 5. The molecule has 1 aromatic carbocycles. The number of hydrogen-bond donors (Lipinski definition) is 0. The normalized spacial score (nSPS) is 15.5. The monoisotopic (exact) mass is 353 g/mol. The van der Waals surface area contributed by atoms with Gasteiger partial charge in [-0.15, -0.1) is 0 Å². The molecule has 0 amide bonds. The van der Waals surface area contributed by atoms with E-state index in [0.29, 0.717) is 23.4 Å². The Kier molecular flexibility index (Phi) is 4.36. The second-order valence-corrected chi connectivity index (χ2v) is 6.85. The van der Waals surface area contributed by atoms with Gasteiger partial charge in [0.15, 0.2) is 0 Å². The minimum absolute atomic E-state index is 0.112. The summed E-state index contributed by atoms with van der Waals surface area (Å²) in [6.07, 6.45) is 7.12. The number of benzene rings is 1. The highest BCUT2D eigenvalue weighted by atomic mass is 19.1. The molecule has 4 rings (SSSR count). The fraction of sp³-hybridized carbons (Fsp3) is 0.368. The molecule has 3 heterocycles. The van der Waals surface area contributed by atoms with Gasteiger partial charge >= 0.3 is 0 Å². The van der Waals surface area contributed by atoms with Crippen LogP contribution in [0.1, 0.15) is 18.4 Å². The lowest BCUT2D eigenvalue weighted by Gasteiger charge is -2.32. The van der Waals surface area contributed by atoms with Crippen molar-refractivity contribution in [3.05, 3.63) is 58.7 Å². The van der Waals surface area contributed by atoms with Gasteiger partial charge in [-0.3, -0.25) is 9.36 Å². The van der Waals surface area contributed by atoms with Gasteiger partial charge in [0.1, 0.15) is 5.82 Å². The molecule has 0 N–H and O–H groups in total. The molecule has 1 saturated heterocycles. The minimum atomic E-state index is -0.382. The lowest BCUT2D eigenvalue weighted by atomic mass is 9.97. The molecule has 3 aromatic rings. The molecule has 1 aliphatic rings. The number of fused-ring (bicyclic) bond motifs is 1. The zero-order chi connectivity index (χ0) is 18.1. The Morgan fingerprint density at radius 3 is 2.62 bits per heavy atom. The topological polar surface area (TPSA) is 63.9 Å². The van der Waals surface area contributed by atoms with Gasteiger partial charge in [0.05, 0.1) is 17.2 Å². The summed E-state index contributed by atoms with van der Waals surface area (Å²) in [6.45, 7) is 4.34. The van der Waals surface area contributed by atoms with Gasteiger partial charge in [0.2, 0.25) is 5.95 Å². The third-order valence-electron chi connectivity index (χ3n) is 4.91. The highest BCUT2D eigenvalue weighted by Gasteiger charge is 2.21. The van der Waals surface area contributed by atoms with E-state index in [4.69, 9.17) is 0 Å².